The van der Waals surface area contributed by atoms with Gasteiger partial charge >= 0.3 is 0 Å². The van der Waals surface area contributed by atoms with E-state index in [1.807, 2.05) is 24.0 Å². The summed E-state index contributed by atoms with van der Waals surface area (Å²) in [6.07, 6.45) is 6.45. The van der Waals surface area contributed by atoms with Crippen LogP contribution >= 0.6 is 0 Å². The topological polar surface area (TPSA) is 66.4 Å². The van der Waals surface area contributed by atoms with Gasteiger partial charge in [0.25, 0.3) is 0 Å². The molecule has 3 aliphatic rings. The van der Waals surface area contributed by atoms with Crippen LogP contribution in [0.3, 0.4) is 0 Å². The van der Waals surface area contributed by atoms with Gasteiger partial charge in [0.05, 0.1) is 24.2 Å². The van der Waals surface area contributed by atoms with Crippen molar-refractivity contribution in [2.75, 3.05) is 18.0 Å². The lowest BCUT2D eigenvalue weighted by Crippen LogP contribution is -2.56. The van der Waals surface area contributed by atoms with Gasteiger partial charge in [-0.25, -0.2) is 0 Å². The summed E-state index contributed by atoms with van der Waals surface area (Å²) in [5, 5.41) is 8.24. The second kappa shape index (κ2) is 5.83. The SMILES string of the molecule is Cc1ccc(N2CC3(CCCCN3C(=O)CC3CC3)CC2=O)nn1. The summed E-state index contributed by atoms with van der Waals surface area (Å²) >= 11 is 0. The van der Waals surface area contributed by atoms with Crippen molar-refractivity contribution in [1.29, 1.82) is 0 Å². The number of nitrogens with zero attached hydrogens (tertiary/aromatic N) is 4. The second-order valence-electron chi connectivity index (χ2n) is 7.56. The van der Waals surface area contributed by atoms with E-state index in [0.717, 1.165) is 31.5 Å². The van der Waals surface area contributed by atoms with Crippen LogP contribution in [0, 0.1) is 12.8 Å². The number of likely N-dealkylation sites (tertiary alicyclic amines) is 1. The fraction of sp³-hybridized carbons (Fsp3) is 0.667. The Kier molecular flexibility index (Phi) is 3.77. The van der Waals surface area contributed by atoms with E-state index in [0.29, 0.717) is 31.1 Å². The molecule has 0 bridgehead atoms. The molecule has 2 aliphatic heterocycles. The first-order chi connectivity index (χ1) is 11.6. The summed E-state index contributed by atoms with van der Waals surface area (Å²) < 4.78 is 0. The van der Waals surface area contributed by atoms with Gasteiger partial charge in [-0.2, -0.15) is 5.10 Å². The number of piperidine rings is 1. The van der Waals surface area contributed by atoms with Crippen molar-refractivity contribution in [3.63, 3.8) is 0 Å². The first-order valence-electron chi connectivity index (χ1n) is 8.99. The van der Waals surface area contributed by atoms with Gasteiger partial charge in [0.1, 0.15) is 0 Å². The molecule has 1 unspecified atom stereocenters. The number of anilines is 1. The van der Waals surface area contributed by atoms with E-state index in [1.54, 1.807) is 4.90 Å². The predicted octanol–water partition coefficient (Wildman–Crippen LogP) is 2.07. The van der Waals surface area contributed by atoms with E-state index in [-0.39, 0.29) is 17.4 Å². The molecule has 2 saturated heterocycles. The van der Waals surface area contributed by atoms with Gasteiger partial charge in [0.15, 0.2) is 5.82 Å². The molecular weight excluding hydrogens is 304 g/mol. The van der Waals surface area contributed by atoms with Gasteiger partial charge in [-0.1, -0.05) is 0 Å². The van der Waals surface area contributed by atoms with Crippen LogP contribution in [0.5, 0.6) is 0 Å². The van der Waals surface area contributed by atoms with E-state index in [9.17, 15) is 9.59 Å². The van der Waals surface area contributed by atoms with Crippen LogP contribution in [0.25, 0.3) is 0 Å². The summed E-state index contributed by atoms with van der Waals surface area (Å²) in [6.45, 7) is 3.22. The smallest absolute Gasteiger partial charge is 0.230 e. The maximum Gasteiger partial charge on any atom is 0.230 e. The van der Waals surface area contributed by atoms with Crippen molar-refractivity contribution in [2.24, 2.45) is 5.92 Å². The lowest BCUT2D eigenvalue weighted by Gasteiger charge is -2.44. The molecule has 3 heterocycles. The zero-order valence-electron chi connectivity index (χ0n) is 14.2. The van der Waals surface area contributed by atoms with Gasteiger partial charge in [0, 0.05) is 13.0 Å². The second-order valence-corrected chi connectivity index (χ2v) is 7.56. The molecule has 1 aliphatic carbocycles. The highest BCUT2D eigenvalue weighted by atomic mass is 16.2. The van der Waals surface area contributed by atoms with Crippen LogP contribution in [-0.4, -0.2) is 45.5 Å². The quantitative estimate of drug-likeness (QED) is 0.852. The fourth-order valence-electron chi connectivity index (χ4n) is 4.07. The number of carbonyl (C=O) groups excluding carboxylic acids is 2. The molecule has 3 fully saturated rings. The minimum Gasteiger partial charge on any atom is -0.335 e. The summed E-state index contributed by atoms with van der Waals surface area (Å²) in [6, 6.07) is 3.72. The molecular formula is C18H24N4O2. The maximum absolute atomic E-state index is 12.8. The molecule has 1 spiro atoms. The zero-order chi connectivity index (χ0) is 16.7. The van der Waals surface area contributed by atoms with E-state index < -0.39 is 0 Å². The Hall–Kier alpha value is -1.98. The third kappa shape index (κ3) is 2.78. The number of hydrogen-bond donors (Lipinski definition) is 0. The molecule has 1 aromatic heterocycles. The standard InChI is InChI=1S/C18H24N4O2/c1-13-4-7-15(20-19-13)21-12-18(11-17(21)24)8-2-3-9-22(18)16(23)10-14-5-6-14/h4,7,14H,2-3,5-6,8-12H2,1H3. The number of aromatic nitrogens is 2. The molecule has 0 N–H and O–H groups in total. The molecule has 0 aromatic carbocycles. The highest BCUT2D eigenvalue weighted by Crippen LogP contribution is 2.41. The van der Waals surface area contributed by atoms with E-state index in [4.69, 9.17) is 0 Å². The summed E-state index contributed by atoms with van der Waals surface area (Å²) in [7, 11) is 0. The van der Waals surface area contributed by atoms with Crippen molar-refractivity contribution in [3.8, 4) is 0 Å². The van der Waals surface area contributed by atoms with Crippen molar-refractivity contribution in [3.05, 3.63) is 17.8 Å². The molecule has 128 valence electrons. The number of aryl methyl sites for hydroxylation is 1. The van der Waals surface area contributed by atoms with Crippen LogP contribution in [0.1, 0.15) is 50.6 Å². The van der Waals surface area contributed by atoms with Crippen molar-refractivity contribution < 1.29 is 9.59 Å². The monoisotopic (exact) mass is 328 g/mol. The van der Waals surface area contributed by atoms with Crippen LogP contribution in [0.2, 0.25) is 0 Å². The molecule has 24 heavy (non-hydrogen) atoms. The summed E-state index contributed by atoms with van der Waals surface area (Å²) in [5.74, 6) is 1.47. The highest BCUT2D eigenvalue weighted by Gasteiger charge is 2.51. The van der Waals surface area contributed by atoms with Crippen LogP contribution < -0.4 is 4.90 Å². The highest BCUT2D eigenvalue weighted by molar-refractivity contribution is 5.97. The lowest BCUT2D eigenvalue weighted by atomic mass is 9.85. The maximum atomic E-state index is 12.8. The van der Waals surface area contributed by atoms with Crippen molar-refractivity contribution in [1.82, 2.24) is 15.1 Å². The molecule has 6 nitrogen and oxygen atoms in total. The Morgan fingerprint density at radius 3 is 2.83 bits per heavy atom. The average Bonchev–Trinajstić information content (AvgIpc) is 3.32. The zero-order valence-corrected chi connectivity index (χ0v) is 14.2. The summed E-state index contributed by atoms with van der Waals surface area (Å²) in [5.41, 5.74) is 0.493. The summed E-state index contributed by atoms with van der Waals surface area (Å²) in [4.78, 5) is 29.2. The largest absolute Gasteiger partial charge is 0.335 e. The van der Waals surface area contributed by atoms with E-state index in [1.165, 1.54) is 12.8 Å². The molecule has 6 heteroatoms. The van der Waals surface area contributed by atoms with Crippen LogP contribution in [0.15, 0.2) is 12.1 Å². The average molecular weight is 328 g/mol. The molecule has 1 aromatic rings. The molecule has 4 rings (SSSR count). The normalized spacial score (nSPS) is 27.1. The van der Waals surface area contributed by atoms with Gasteiger partial charge in [0.2, 0.25) is 11.8 Å². The minimum absolute atomic E-state index is 0.0549. The Morgan fingerprint density at radius 2 is 2.12 bits per heavy atom. The fourth-order valence-corrected chi connectivity index (χ4v) is 4.07. The van der Waals surface area contributed by atoms with E-state index >= 15 is 0 Å². The first kappa shape index (κ1) is 15.5. The van der Waals surface area contributed by atoms with Gasteiger partial charge in [-0.05, 0) is 57.1 Å². The Balaban J connectivity index is 1.57. The molecule has 2 amide bonds. The lowest BCUT2D eigenvalue weighted by molar-refractivity contribution is -0.140. The van der Waals surface area contributed by atoms with Crippen molar-refractivity contribution in [2.45, 2.75) is 57.4 Å². The van der Waals surface area contributed by atoms with Gasteiger partial charge in [-0.3, -0.25) is 14.5 Å². The Labute approximate surface area is 142 Å². The number of carbonyl (C=O) groups is 2. The van der Waals surface area contributed by atoms with Gasteiger partial charge in [-0.15, -0.1) is 5.10 Å². The van der Waals surface area contributed by atoms with Crippen molar-refractivity contribution >= 4 is 17.6 Å². The minimum atomic E-state index is -0.339. The Bertz CT molecular complexity index is 655. The molecule has 1 saturated carbocycles. The third-order valence-electron chi connectivity index (χ3n) is 5.60. The third-order valence-corrected chi connectivity index (χ3v) is 5.60. The predicted molar refractivity (Wildman–Crippen MR) is 89.4 cm³/mol. The number of hydrogen-bond acceptors (Lipinski definition) is 4. The van der Waals surface area contributed by atoms with E-state index in [2.05, 4.69) is 10.2 Å². The molecule has 1 atom stereocenters. The molecule has 0 radical (unpaired) electrons. The number of amides is 2. The number of rotatable bonds is 3. The Morgan fingerprint density at radius 1 is 1.29 bits per heavy atom. The van der Waals surface area contributed by atoms with Gasteiger partial charge < -0.3 is 4.90 Å². The van der Waals surface area contributed by atoms with Crippen LogP contribution in [0.4, 0.5) is 5.82 Å². The van der Waals surface area contributed by atoms with Crippen LogP contribution in [-0.2, 0) is 9.59 Å². The first-order valence-corrected chi connectivity index (χ1v) is 8.99.